The maximum absolute atomic E-state index is 7.25. The third-order valence-electron chi connectivity index (χ3n) is 0.961. The maximum atomic E-state index is 7.25. The van der Waals surface area contributed by atoms with Crippen molar-refractivity contribution in [3.8, 4) is 0 Å². The van der Waals surface area contributed by atoms with E-state index in [1.807, 2.05) is 19.9 Å². The number of aryl methyl sites for hydroxylation is 2. The monoisotopic (exact) mass is 108 g/mol. The van der Waals surface area contributed by atoms with Gasteiger partial charge in [-0.05, 0) is 26.0 Å². The normalized spacial score (nSPS) is 11.0. The number of pyridine rings is 1. The van der Waals surface area contributed by atoms with E-state index in [4.69, 9.17) is 1.37 Å². The number of rotatable bonds is 0. The fraction of sp³-hybridized carbons (Fsp3) is 0.286. The van der Waals surface area contributed by atoms with Crippen LogP contribution in [0.4, 0.5) is 0 Å². The highest BCUT2D eigenvalue weighted by Crippen LogP contribution is 1.93. The Morgan fingerprint density at radius 1 is 1.50 bits per heavy atom. The first kappa shape index (κ1) is 4.07. The van der Waals surface area contributed by atoms with E-state index < -0.39 is 0 Å². The average molecular weight is 108 g/mol. The number of nitrogens with zero attached hydrogens (tertiary/aromatic N) is 1. The smallest absolute Gasteiger partial charge is 0.0642 e. The van der Waals surface area contributed by atoms with Gasteiger partial charge in [-0.3, -0.25) is 4.98 Å². The molecule has 0 spiro atoms. The molecule has 42 valence electrons. The van der Waals surface area contributed by atoms with Gasteiger partial charge >= 0.3 is 0 Å². The molecular weight excluding hydrogens is 98.1 g/mol. The van der Waals surface area contributed by atoms with Gasteiger partial charge in [0.1, 0.15) is 0 Å². The summed E-state index contributed by atoms with van der Waals surface area (Å²) in [6, 6.07) is 4.12. The molecule has 0 saturated carbocycles. The average Bonchev–Trinajstić information content (AvgIpc) is 1.80. The summed E-state index contributed by atoms with van der Waals surface area (Å²) in [5, 5.41) is 0. The van der Waals surface area contributed by atoms with Gasteiger partial charge in [0.15, 0.2) is 0 Å². The van der Waals surface area contributed by atoms with Crippen LogP contribution in [0.5, 0.6) is 0 Å². The summed E-state index contributed by atoms with van der Waals surface area (Å²) in [5.41, 5.74) is 1.78. The van der Waals surface area contributed by atoms with Gasteiger partial charge in [-0.1, -0.05) is 6.07 Å². The van der Waals surface area contributed by atoms with E-state index in [1.165, 1.54) is 0 Å². The number of hydrogen-bond donors (Lipinski definition) is 0. The third-order valence-corrected chi connectivity index (χ3v) is 0.961. The summed E-state index contributed by atoms with van der Waals surface area (Å²) in [5.74, 6) is 0. The minimum absolute atomic E-state index is 0.514. The minimum atomic E-state index is 0.514. The van der Waals surface area contributed by atoms with Crippen molar-refractivity contribution in [2.24, 2.45) is 0 Å². The van der Waals surface area contributed by atoms with Crippen molar-refractivity contribution < 1.29 is 1.37 Å². The fourth-order valence-electron chi connectivity index (χ4n) is 0.617. The molecule has 0 unspecified atom stereocenters. The summed E-state index contributed by atoms with van der Waals surface area (Å²) in [6.07, 6.45) is 0. The van der Waals surface area contributed by atoms with Crippen molar-refractivity contribution >= 4 is 0 Å². The predicted octanol–water partition coefficient (Wildman–Crippen LogP) is 1.70. The lowest BCUT2D eigenvalue weighted by Crippen LogP contribution is -1.81. The lowest BCUT2D eigenvalue weighted by Gasteiger charge is -1.90. The summed E-state index contributed by atoms with van der Waals surface area (Å²) in [4.78, 5) is 4.09. The minimum Gasteiger partial charge on any atom is -0.258 e. The van der Waals surface area contributed by atoms with Crippen LogP contribution >= 0.6 is 0 Å². The van der Waals surface area contributed by atoms with E-state index in [-0.39, 0.29) is 0 Å². The zero-order chi connectivity index (χ0) is 6.85. The molecule has 1 nitrogen and oxygen atoms in total. The van der Waals surface area contributed by atoms with E-state index >= 15 is 0 Å². The molecule has 1 heteroatoms. The molecule has 1 heterocycles. The molecule has 0 aromatic carbocycles. The van der Waals surface area contributed by atoms with Crippen molar-refractivity contribution in [1.29, 1.82) is 0 Å². The molecule has 8 heavy (non-hydrogen) atoms. The van der Waals surface area contributed by atoms with Gasteiger partial charge < -0.3 is 0 Å². The van der Waals surface area contributed by atoms with Crippen LogP contribution in [-0.4, -0.2) is 4.98 Å². The van der Waals surface area contributed by atoms with Gasteiger partial charge in [0.2, 0.25) is 0 Å². The first-order valence-electron chi connectivity index (χ1n) is 3.11. The summed E-state index contributed by atoms with van der Waals surface area (Å²) >= 11 is 0. The first-order chi connectivity index (χ1) is 4.20. The van der Waals surface area contributed by atoms with Gasteiger partial charge in [-0.25, -0.2) is 0 Å². The maximum Gasteiger partial charge on any atom is 0.0642 e. The van der Waals surface area contributed by atoms with Gasteiger partial charge in [-0.2, -0.15) is 0 Å². The molecule has 1 rings (SSSR count). The molecular formula is C7H9N. The second-order valence-corrected chi connectivity index (χ2v) is 1.82. The Morgan fingerprint density at radius 3 is 2.75 bits per heavy atom. The van der Waals surface area contributed by atoms with Crippen molar-refractivity contribution in [2.75, 3.05) is 0 Å². The second kappa shape index (κ2) is 1.95. The van der Waals surface area contributed by atoms with Crippen molar-refractivity contribution in [1.82, 2.24) is 4.98 Å². The Kier molecular flexibility index (Phi) is 0.992. The standard InChI is InChI=1S/C7H9N/c1-6-4-3-5-7(2)8-6/h3-5H,1-2H3/i4D. The largest absolute Gasteiger partial charge is 0.258 e. The molecule has 0 N–H and O–H groups in total. The molecule has 0 aliphatic rings. The highest BCUT2D eigenvalue weighted by Gasteiger charge is 1.82. The highest BCUT2D eigenvalue weighted by atomic mass is 14.7. The number of aromatic nitrogens is 1. The van der Waals surface area contributed by atoms with Crippen molar-refractivity contribution in [3.05, 3.63) is 29.6 Å². The zero-order valence-corrected chi connectivity index (χ0v) is 5.10. The quantitative estimate of drug-likeness (QED) is 0.493. The molecule has 0 fully saturated rings. The molecule has 0 aliphatic heterocycles. The van der Waals surface area contributed by atoms with E-state index in [0.717, 1.165) is 11.4 Å². The Hall–Kier alpha value is -0.850. The van der Waals surface area contributed by atoms with Gasteiger partial charge in [0.05, 0.1) is 1.37 Å². The molecule has 0 aliphatic carbocycles. The first-order valence-corrected chi connectivity index (χ1v) is 2.61. The molecule has 0 bridgehead atoms. The van der Waals surface area contributed by atoms with Crippen molar-refractivity contribution in [3.63, 3.8) is 0 Å². The van der Waals surface area contributed by atoms with E-state index in [2.05, 4.69) is 4.98 Å². The zero-order valence-electron chi connectivity index (χ0n) is 6.10. The highest BCUT2D eigenvalue weighted by molar-refractivity contribution is 5.07. The van der Waals surface area contributed by atoms with Crippen LogP contribution in [0.15, 0.2) is 18.2 Å². The SMILES string of the molecule is [2H]c1ccc(C)nc1C. The van der Waals surface area contributed by atoms with Gasteiger partial charge in [-0.15, -0.1) is 0 Å². The Morgan fingerprint density at radius 2 is 2.25 bits per heavy atom. The van der Waals surface area contributed by atoms with Crippen molar-refractivity contribution in [2.45, 2.75) is 13.8 Å². The lowest BCUT2D eigenvalue weighted by molar-refractivity contribution is 1.12. The van der Waals surface area contributed by atoms with E-state index in [0.29, 0.717) is 6.04 Å². The topological polar surface area (TPSA) is 12.9 Å². The van der Waals surface area contributed by atoms with Crippen LogP contribution in [0.2, 0.25) is 0 Å². The second-order valence-electron chi connectivity index (χ2n) is 1.82. The van der Waals surface area contributed by atoms with Crippen LogP contribution in [0.1, 0.15) is 12.8 Å². The van der Waals surface area contributed by atoms with E-state index in [1.54, 1.807) is 6.07 Å². The van der Waals surface area contributed by atoms with Crippen LogP contribution in [-0.2, 0) is 0 Å². The van der Waals surface area contributed by atoms with Gasteiger partial charge in [0, 0.05) is 11.4 Å². The van der Waals surface area contributed by atoms with Crippen LogP contribution in [0, 0.1) is 13.8 Å². The Labute approximate surface area is 50.8 Å². The third kappa shape index (κ3) is 1.06. The molecule has 0 amide bonds. The van der Waals surface area contributed by atoms with Gasteiger partial charge in [0.25, 0.3) is 0 Å². The molecule has 1 aromatic rings. The fourth-order valence-corrected chi connectivity index (χ4v) is 0.617. The predicted molar refractivity (Wildman–Crippen MR) is 33.7 cm³/mol. The summed E-state index contributed by atoms with van der Waals surface area (Å²) in [7, 11) is 0. The molecule has 1 aromatic heterocycles. The lowest BCUT2D eigenvalue weighted by atomic mass is 10.3. The molecule has 0 radical (unpaired) electrons. The summed E-state index contributed by atoms with van der Waals surface area (Å²) < 4.78 is 7.25. The van der Waals surface area contributed by atoms with Crippen LogP contribution < -0.4 is 0 Å². The Balaban J connectivity index is 3.17. The van der Waals surface area contributed by atoms with Crippen LogP contribution in [0.3, 0.4) is 0 Å². The Bertz CT molecular complexity index is 220. The summed E-state index contributed by atoms with van der Waals surface area (Å²) in [6.45, 7) is 3.77. The van der Waals surface area contributed by atoms with E-state index in [9.17, 15) is 0 Å². The molecule has 0 saturated heterocycles. The molecule has 0 atom stereocenters. The number of hydrogen-bond acceptors (Lipinski definition) is 1. The van der Waals surface area contributed by atoms with Crippen LogP contribution in [0.25, 0.3) is 0 Å².